The molecule has 0 rings (SSSR count). The van der Waals surface area contributed by atoms with Crippen molar-refractivity contribution >= 4 is 5.97 Å². The Labute approximate surface area is 250 Å². The van der Waals surface area contributed by atoms with Crippen LogP contribution in [0.1, 0.15) is 175 Å². The number of hydrogen-bond acceptors (Lipinski definition) is 5. The van der Waals surface area contributed by atoms with Crippen molar-refractivity contribution in [2.75, 3.05) is 33.9 Å². The summed E-state index contributed by atoms with van der Waals surface area (Å²) in [7, 11) is 4.14. The van der Waals surface area contributed by atoms with Crippen molar-refractivity contribution in [3.63, 3.8) is 0 Å². The summed E-state index contributed by atoms with van der Waals surface area (Å²) in [6, 6.07) is 0. The first-order valence-electron chi connectivity index (χ1n) is 17.6. The lowest BCUT2D eigenvalue weighted by atomic mass is 9.90. The second kappa shape index (κ2) is 31.3. The van der Waals surface area contributed by atoms with E-state index in [-0.39, 0.29) is 12.1 Å². The first-order valence-corrected chi connectivity index (χ1v) is 17.6. The summed E-state index contributed by atoms with van der Waals surface area (Å²) >= 11 is 0. The summed E-state index contributed by atoms with van der Waals surface area (Å²) in [5.74, 6) is 0.727. The zero-order valence-corrected chi connectivity index (χ0v) is 27.8. The van der Waals surface area contributed by atoms with E-state index in [1.54, 1.807) is 0 Å². The van der Waals surface area contributed by atoms with Crippen LogP contribution in [0.2, 0.25) is 0 Å². The van der Waals surface area contributed by atoms with Gasteiger partial charge >= 0.3 is 5.97 Å². The number of rotatable bonds is 32. The van der Waals surface area contributed by atoms with Gasteiger partial charge in [0.25, 0.3) is 0 Å². The van der Waals surface area contributed by atoms with Crippen LogP contribution in [0.15, 0.2) is 0 Å². The fourth-order valence-electron chi connectivity index (χ4n) is 5.39. The van der Waals surface area contributed by atoms with Gasteiger partial charge in [0.1, 0.15) is 0 Å². The number of nitrogens with zero attached hydrogens (tertiary/aromatic N) is 1. The molecule has 0 heterocycles. The van der Waals surface area contributed by atoms with E-state index in [1.165, 1.54) is 116 Å². The van der Waals surface area contributed by atoms with Crippen LogP contribution in [-0.2, 0) is 19.3 Å². The largest absolute Gasteiger partial charge is 0.466 e. The van der Waals surface area contributed by atoms with Gasteiger partial charge in [-0.25, -0.2) is 9.78 Å². The van der Waals surface area contributed by atoms with E-state index in [0.717, 1.165) is 38.1 Å². The van der Waals surface area contributed by atoms with Gasteiger partial charge in [0.2, 0.25) is 0 Å². The normalized spacial score (nSPS) is 12.5. The number of hydrogen-bond donors (Lipinski definition) is 0. The van der Waals surface area contributed by atoms with Gasteiger partial charge in [-0.1, -0.05) is 136 Å². The van der Waals surface area contributed by atoms with Gasteiger partial charge in [0.15, 0.2) is 0 Å². The molecule has 0 N–H and O–H groups in total. The molecule has 0 aliphatic carbocycles. The average Bonchev–Trinajstić information content (AvgIpc) is 2.93. The van der Waals surface area contributed by atoms with E-state index in [0.29, 0.717) is 26.1 Å². The highest BCUT2D eigenvalue weighted by Gasteiger charge is 2.14. The van der Waals surface area contributed by atoms with Crippen molar-refractivity contribution in [1.82, 2.24) is 4.90 Å². The Morgan fingerprint density at radius 1 is 0.575 bits per heavy atom. The molecule has 1 unspecified atom stereocenters. The van der Waals surface area contributed by atoms with Gasteiger partial charge in [0, 0.05) is 12.8 Å². The molecule has 0 aromatic rings. The zero-order chi connectivity index (χ0) is 29.5. The predicted molar refractivity (Wildman–Crippen MR) is 172 cm³/mol. The Hall–Kier alpha value is -0.650. The molecular weight excluding hydrogens is 498 g/mol. The second-order valence-corrected chi connectivity index (χ2v) is 12.4. The molecular formula is C35H71NO4. The zero-order valence-electron chi connectivity index (χ0n) is 27.8. The fraction of sp³-hybridized carbons (Fsp3) is 0.971. The molecule has 0 radical (unpaired) electrons. The molecule has 5 heteroatoms. The van der Waals surface area contributed by atoms with Crippen molar-refractivity contribution in [3.8, 4) is 0 Å². The van der Waals surface area contributed by atoms with E-state index in [1.807, 2.05) is 0 Å². The first-order chi connectivity index (χ1) is 19.5. The fourth-order valence-corrected chi connectivity index (χ4v) is 5.39. The van der Waals surface area contributed by atoms with Crippen LogP contribution in [0.25, 0.3) is 0 Å². The Morgan fingerprint density at radius 2 is 1.07 bits per heavy atom. The molecule has 0 aliphatic rings. The predicted octanol–water partition coefficient (Wildman–Crippen LogP) is 10.4. The van der Waals surface area contributed by atoms with Gasteiger partial charge in [-0.2, -0.15) is 0 Å². The van der Waals surface area contributed by atoms with Gasteiger partial charge in [0.05, 0.1) is 19.3 Å². The maximum atomic E-state index is 12.5. The number of ether oxygens (including phenoxy) is 1. The van der Waals surface area contributed by atoms with Gasteiger partial charge in [-0.05, 0) is 52.2 Å². The van der Waals surface area contributed by atoms with Crippen molar-refractivity contribution in [1.29, 1.82) is 0 Å². The number of carbonyl (C=O) groups is 1. The molecule has 0 saturated carbocycles. The number of esters is 1. The molecule has 0 saturated heterocycles. The maximum Gasteiger partial charge on any atom is 0.305 e. The monoisotopic (exact) mass is 570 g/mol. The van der Waals surface area contributed by atoms with Crippen LogP contribution in [0.3, 0.4) is 0 Å². The topological polar surface area (TPSA) is 48.0 Å². The molecule has 0 bridgehead atoms. The Morgan fingerprint density at radius 3 is 1.62 bits per heavy atom. The van der Waals surface area contributed by atoms with E-state index >= 15 is 0 Å². The van der Waals surface area contributed by atoms with Crippen LogP contribution < -0.4 is 0 Å². The summed E-state index contributed by atoms with van der Waals surface area (Å²) in [4.78, 5) is 25.9. The highest BCUT2D eigenvalue weighted by molar-refractivity contribution is 5.69. The highest BCUT2D eigenvalue weighted by atomic mass is 17.2. The maximum absolute atomic E-state index is 12.5. The Bertz CT molecular complexity index is 500. The van der Waals surface area contributed by atoms with Crippen LogP contribution in [0.4, 0.5) is 0 Å². The van der Waals surface area contributed by atoms with E-state index in [2.05, 4.69) is 39.8 Å². The summed E-state index contributed by atoms with van der Waals surface area (Å²) in [6.45, 7) is 8.83. The summed E-state index contributed by atoms with van der Waals surface area (Å²) < 4.78 is 5.64. The molecule has 0 aromatic heterocycles. The van der Waals surface area contributed by atoms with Gasteiger partial charge in [-0.3, -0.25) is 4.79 Å². The van der Waals surface area contributed by atoms with Crippen LogP contribution in [0, 0.1) is 5.92 Å². The van der Waals surface area contributed by atoms with Crippen LogP contribution in [0.5, 0.6) is 0 Å². The quantitative estimate of drug-likeness (QED) is 0.0349. The molecule has 1 atom stereocenters. The van der Waals surface area contributed by atoms with E-state index in [9.17, 15) is 4.79 Å². The lowest BCUT2D eigenvalue weighted by Crippen LogP contribution is -2.20. The van der Waals surface area contributed by atoms with Crippen molar-refractivity contribution in [3.05, 3.63) is 0 Å². The molecule has 0 aromatic carbocycles. The standard InChI is InChI=1S/C35H71NO4/c1-6-9-12-15-18-21-27-34(40-39-31-23-30-36(4)5)29-32-38-35(37)28-22-26-33(24-19-16-13-10-7-2)25-20-17-14-11-8-3/h33-34H,6-32H2,1-5H3. The smallest absolute Gasteiger partial charge is 0.305 e. The summed E-state index contributed by atoms with van der Waals surface area (Å²) in [5, 5.41) is 0. The van der Waals surface area contributed by atoms with Gasteiger partial charge in [-0.15, -0.1) is 0 Å². The van der Waals surface area contributed by atoms with Crippen LogP contribution in [-0.4, -0.2) is 50.8 Å². The Kier molecular flexibility index (Phi) is 30.8. The SMILES string of the molecule is CCCCCCCCC(CCOC(=O)CCCC(CCCCCCC)CCCCCCC)OOCCCN(C)C. The van der Waals surface area contributed by atoms with Gasteiger partial charge < -0.3 is 9.64 Å². The third-order valence-electron chi connectivity index (χ3n) is 8.04. The van der Waals surface area contributed by atoms with Crippen molar-refractivity contribution < 1.29 is 19.3 Å². The van der Waals surface area contributed by atoms with Crippen LogP contribution >= 0.6 is 0 Å². The minimum Gasteiger partial charge on any atom is -0.466 e. The second-order valence-electron chi connectivity index (χ2n) is 12.4. The molecule has 40 heavy (non-hydrogen) atoms. The first kappa shape index (κ1) is 39.4. The van der Waals surface area contributed by atoms with Crippen molar-refractivity contribution in [2.45, 2.75) is 181 Å². The molecule has 5 nitrogen and oxygen atoms in total. The Balaban J connectivity index is 4.33. The molecule has 0 aliphatic heterocycles. The highest BCUT2D eigenvalue weighted by Crippen LogP contribution is 2.24. The molecule has 0 spiro atoms. The molecule has 0 fully saturated rings. The lowest BCUT2D eigenvalue weighted by molar-refractivity contribution is -0.327. The third-order valence-corrected chi connectivity index (χ3v) is 8.04. The average molecular weight is 570 g/mol. The summed E-state index contributed by atoms with van der Waals surface area (Å²) in [5.41, 5.74) is 0. The molecule has 0 amide bonds. The number of carbonyl (C=O) groups excluding carboxylic acids is 1. The van der Waals surface area contributed by atoms with Crippen molar-refractivity contribution in [2.24, 2.45) is 5.92 Å². The lowest BCUT2D eigenvalue weighted by Gasteiger charge is -2.18. The number of unbranched alkanes of at least 4 members (excludes halogenated alkanes) is 13. The minimum atomic E-state index is -0.0464. The summed E-state index contributed by atoms with van der Waals surface area (Å²) in [6.07, 6.45) is 29.1. The third kappa shape index (κ3) is 28.9. The van der Waals surface area contributed by atoms with E-state index < -0.39 is 0 Å². The molecule has 240 valence electrons. The minimum absolute atomic E-state index is 0.00290. The van der Waals surface area contributed by atoms with E-state index in [4.69, 9.17) is 14.5 Å².